The van der Waals surface area contributed by atoms with Crippen molar-refractivity contribution in [1.82, 2.24) is 4.90 Å². The van der Waals surface area contributed by atoms with Crippen molar-refractivity contribution in [1.29, 1.82) is 0 Å². The fourth-order valence-electron chi connectivity index (χ4n) is 1.80. The number of carbonyl (C=O) groups excluding carboxylic acids is 1. The predicted octanol–water partition coefficient (Wildman–Crippen LogP) is 3.25. The first-order valence-electron chi connectivity index (χ1n) is 6.16. The van der Waals surface area contributed by atoms with Crippen LogP contribution in [0.1, 0.15) is 31.6 Å². The fraction of sp³-hybridized carbons (Fsp3) is 0.538. The van der Waals surface area contributed by atoms with E-state index in [2.05, 4.69) is 0 Å². The van der Waals surface area contributed by atoms with E-state index < -0.39 is 5.97 Å². The number of halogens is 1. The summed E-state index contributed by atoms with van der Waals surface area (Å²) in [5.74, 6) is -1.03. The van der Waals surface area contributed by atoms with E-state index in [-0.39, 0.29) is 24.7 Å². The van der Waals surface area contributed by atoms with E-state index in [1.165, 1.54) is 11.3 Å². The van der Waals surface area contributed by atoms with Crippen LogP contribution in [-0.2, 0) is 16.1 Å². The molecule has 1 N–H and O–H groups in total. The molecular formula is C13H18ClNO3S. The first kappa shape index (κ1) is 16.0. The van der Waals surface area contributed by atoms with Crippen LogP contribution in [0.5, 0.6) is 0 Å². The third kappa shape index (κ3) is 5.61. The molecule has 1 unspecified atom stereocenters. The third-order valence-corrected chi connectivity index (χ3v) is 3.97. The number of hydrogen-bond donors (Lipinski definition) is 1. The van der Waals surface area contributed by atoms with E-state index >= 15 is 0 Å². The lowest BCUT2D eigenvalue weighted by atomic mass is 10.0. The molecule has 1 heterocycles. The lowest BCUT2D eigenvalue weighted by Gasteiger charge is -2.21. The van der Waals surface area contributed by atoms with Crippen LogP contribution in [0.4, 0.5) is 0 Å². The molecule has 6 heteroatoms. The average molecular weight is 304 g/mol. The molecule has 0 spiro atoms. The summed E-state index contributed by atoms with van der Waals surface area (Å²) < 4.78 is 0.706. The lowest BCUT2D eigenvalue weighted by molar-refractivity contribution is -0.138. The zero-order valence-corrected chi connectivity index (χ0v) is 12.6. The molecule has 0 aliphatic heterocycles. The van der Waals surface area contributed by atoms with Gasteiger partial charge in [-0.3, -0.25) is 9.59 Å². The molecule has 1 aromatic heterocycles. The van der Waals surface area contributed by atoms with Gasteiger partial charge < -0.3 is 10.0 Å². The van der Waals surface area contributed by atoms with Gasteiger partial charge in [-0.05, 0) is 25.0 Å². The number of carboxylic acid groups (broad SMARTS) is 1. The van der Waals surface area contributed by atoms with Crippen molar-refractivity contribution >= 4 is 34.8 Å². The summed E-state index contributed by atoms with van der Waals surface area (Å²) in [6, 6.07) is 3.72. The average Bonchev–Trinajstić information content (AvgIpc) is 2.70. The SMILES string of the molecule is CCN(Cc1ccc(Cl)s1)C(=O)CC(C)CC(=O)O. The van der Waals surface area contributed by atoms with Crippen LogP contribution >= 0.6 is 22.9 Å². The zero-order valence-electron chi connectivity index (χ0n) is 11.1. The molecular weight excluding hydrogens is 286 g/mol. The van der Waals surface area contributed by atoms with Gasteiger partial charge in [0.15, 0.2) is 0 Å². The Hall–Kier alpha value is -1.07. The predicted molar refractivity (Wildman–Crippen MR) is 76.5 cm³/mol. The highest BCUT2D eigenvalue weighted by atomic mass is 35.5. The molecule has 0 bridgehead atoms. The summed E-state index contributed by atoms with van der Waals surface area (Å²) in [4.78, 5) is 25.4. The van der Waals surface area contributed by atoms with Crippen molar-refractivity contribution < 1.29 is 14.7 Å². The van der Waals surface area contributed by atoms with E-state index in [0.717, 1.165) is 4.88 Å². The van der Waals surface area contributed by atoms with Crippen molar-refractivity contribution in [2.45, 2.75) is 33.2 Å². The van der Waals surface area contributed by atoms with Crippen LogP contribution in [0, 0.1) is 5.92 Å². The highest BCUT2D eigenvalue weighted by Crippen LogP contribution is 2.23. The molecule has 0 aliphatic rings. The Morgan fingerprint density at radius 2 is 2.11 bits per heavy atom. The van der Waals surface area contributed by atoms with Crippen LogP contribution in [-0.4, -0.2) is 28.4 Å². The zero-order chi connectivity index (χ0) is 14.4. The summed E-state index contributed by atoms with van der Waals surface area (Å²) in [5, 5.41) is 8.69. The van der Waals surface area contributed by atoms with Crippen molar-refractivity contribution in [2.75, 3.05) is 6.54 Å². The number of hydrogen-bond acceptors (Lipinski definition) is 3. The minimum atomic E-state index is -0.867. The second-order valence-corrected chi connectivity index (χ2v) is 6.32. The van der Waals surface area contributed by atoms with Gasteiger partial charge in [-0.2, -0.15) is 0 Å². The molecule has 4 nitrogen and oxygen atoms in total. The summed E-state index contributed by atoms with van der Waals surface area (Å²) in [5.41, 5.74) is 0. The Morgan fingerprint density at radius 3 is 2.58 bits per heavy atom. The number of aliphatic carboxylic acids is 1. The van der Waals surface area contributed by atoms with Gasteiger partial charge in [0.2, 0.25) is 5.91 Å². The molecule has 0 saturated carbocycles. The highest BCUT2D eigenvalue weighted by Gasteiger charge is 2.18. The van der Waals surface area contributed by atoms with E-state index in [1.54, 1.807) is 11.8 Å². The van der Waals surface area contributed by atoms with Gasteiger partial charge >= 0.3 is 5.97 Å². The normalized spacial score (nSPS) is 12.2. The summed E-state index contributed by atoms with van der Waals surface area (Å²) in [7, 11) is 0. The summed E-state index contributed by atoms with van der Waals surface area (Å²) in [6.45, 7) is 4.83. The largest absolute Gasteiger partial charge is 0.481 e. The number of thiophene rings is 1. The molecule has 1 amide bonds. The Kier molecular flexibility index (Phi) is 6.31. The summed E-state index contributed by atoms with van der Waals surface area (Å²) in [6.07, 6.45) is 0.285. The van der Waals surface area contributed by atoms with Crippen LogP contribution in [0.25, 0.3) is 0 Å². The van der Waals surface area contributed by atoms with E-state index in [9.17, 15) is 9.59 Å². The Morgan fingerprint density at radius 1 is 1.42 bits per heavy atom. The number of carboxylic acids is 1. The maximum Gasteiger partial charge on any atom is 0.303 e. The number of rotatable bonds is 7. The Labute approximate surface area is 122 Å². The number of carbonyl (C=O) groups is 2. The van der Waals surface area contributed by atoms with Gasteiger partial charge in [0, 0.05) is 24.3 Å². The topological polar surface area (TPSA) is 57.6 Å². The summed E-state index contributed by atoms with van der Waals surface area (Å²) >= 11 is 7.31. The van der Waals surface area contributed by atoms with Crippen LogP contribution in [0.2, 0.25) is 4.34 Å². The van der Waals surface area contributed by atoms with Gasteiger partial charge in [-0.15, -0.1) is 11.3 Å². The van der Waals surface area contributed by atoms with Gasteiger partial charge in [-0.1, -0.05) is 18.5 Å². The number of amides is 1. The quantitative estimate of drug-likeness (QED) is 0.841. The molecule has 0 aromatic carbocycles. The second kappa shape index (κ2) is 7.50. The maximum atomic E-state index is 12.1. The van der Waals surface area contributed by atoms with Crippen molar-refractivity contribution in [2.24, 2.45) is 5.92 Å². The van der Waals surface area contributed by atoms with E-state index in [0.29, 0.717) is 17.4 Å². The molecule has 0 radical (unpaired) electrons. The van der Waals surface area contributed by atoms with Gasteiger partial charge in [-0.25, -0.2) is 0 Å². The number of nitrogens with zero attached hydrogens (tertiary/aromatic N) is 1. The maximum absolute atomic E-state index is 12.1. The monoisotopic (exact) mass is 303 g/mol. The Bertz CT molecular complexity index is 447. The molecule has 0 saturated heterocycles. The van der Waals surface area contributed by atoms with Crippen LogP contribution in [0.15, 0.2) is 12.1 Å². The van der Waals surface area contributed by atoms with Crippen molar-refractivity contribution in [3.63, 3.8) is 0 Å². The highest BCUT2D eigenvalue weighted by molar-refractivity contribution is 7.16. The van der Waals surface area contributed by atoms with Crippen LogP contribution < -0.4 is 0 Å². The molecule has 106 valence electrons. The molecule has 1 aromatic rings. The molecule has 0 aliphatic carbocycles. The van der Waals surface area contributed by atoms with Gasteiger partial charge in [0.05, 0.1) is 10.9 Å². The second-order valence-electron chi connectivity index (χ2n) is 4.52. The third-order valence-electron chi connectivity index (χ3n) is 2.76. The fourth-order valence-corrected chi connectivity index (χ4v) is 2.90. The van der Waals surface area contributed by atoms with Gasteiger partial charge in [0.25, 0.3) is 0 Å². The van der Waals surface area contributed by atoms with Crippen LogP contribution in [0.3, 0.4) is 0 Å². The van der Waals surface area contributed by atoms with Gasteiger partial charge in [0.1, 0.15) is 0 Å². The first-order chi connectivity index (χ1) is 8.92. The smallest absolute Gasteiger partial charge is 0.303 e. The van der Waals surface area contributed by atoms with Crippen molar-refractivity contribution in [3.8, 4) is 0 Å². The molecule has 0 fully saturated rings. The Balaban J connectivity index is 2.54. The van der Waals surface area contributed by atoms with Crippen molar-refractivity contribution in [3.05, 3.63) is 21.3 Å². The molecule has 1 atom stereocenters. The molecule has 19 heavy (non-hydrogen) atoms. The standard InChI is InChI=1S/C13H18ClNO3S/c1-3-15(8-10-4-5-11(14)19-10)12(16)6-9(2)7-13(17)18/h4-5,9H,3,6-8H2,1-2H3,(H,17,18). The first-order valence-corrected chi connectivity index (χ1v) is 7.35. The minimum absolute atomic E-state index is 0.0132. The molecule has 1 rings (SSSR count). The van der Waals surface area contributed by atoms with E-state index in [1.807, 2.05) is 19.1 Å². The van der Waals surface area contributed by atoms with E-state index in [4.69, 9.17) is 16.7 Å². The lowest BCUT2D eigenvalue weighted by Crippen LogP contribution is -2.31. The minimum Gasteiger partial charge on any atom is -0.481 e.